The van der Waals surface area contributed by atoms with Crippen molar-refractivity contribution in [2.24, 2.45) is 0 Å². The zero-order valence-corrected chi connectivity index (χ0v) is 54.2. The topological polar surface area (TPSA) is 78.9 Å². The van der Waals surface area contributed by atoms with Crippen molar-refractivity contribution >= 4 is 17.9 Å². The lowest BCUT2D eigenvalue weighted by Crippen LogP contribution is -2.30. The highest BCUT2D eigenvalue weighted by Gasteiger charge is 2.19. The second-order valence-electron chi connectivity index (χ2n) is 22.7. The molecule has 1 atom stereocenters. The Kier molecular flexibility index (Phi) is 66.3. The molecule has 0 bridgehead atoms. The van der Waals surface area contributed by atoms with Crippen molar-refractivity contribution in [3.05, 3.63) is 134 Å². The van der Waals surface area contributed by atoms with E-state index in [1.165, 1.54) is 141 Å². The third kappa shape index (κ3) is 68.2. The summed E-state index contributed by atoms with van der Waals surface area (Å²) in [6.45, 7) is 6.44. The quantitative estimate of drug-likeness (QED) is 0.0261. The Morgan fingerprint density at radius 3 is 0.735 bits per heavy atom. The molecule has 1 unspecified atom stereocenters. The van der Waals surface area contributed by atoms with Gasteiger partial charge in [0.05, 0.1) is 0 Å². The van der Waals surface area contributed by atoms with Gasteiger partial charge in [0.15, 0.2) is 6.10 Å². The third-order valence-corrected chi connectivity index (χ3v) is 14.6. The molecule has 0 spiro atoms. The summed E-state index contributed by atoms with van der Waals surface area (Å²) in [5.74, 6) is -0.904. The Morgan fingerprint density at radius 2 is 0.470 bits per heavy atom. The average Bonchev–Trinajstić information content (AvgIpc) is 3.49. The van der Waals surface area contributed by atoms with E-state index < -0.39 is 6.10 Å². The molecular weight excluding hydrogens is 1020 g/mol. The van der Waals surface area contributed by atoms with E-state index in [1.54, 1.807) is 0 Å². The molecule has 0 radical (unpaired) electrons. The van der Waals surface area contributed by atoms with Gasteiger partial charge in [0.1, 0.15) is 13.2 Å². The Bertz CT molecular complexity index is 1750. The standard InChI is InChI=1S/C77H128O6/c1-4-7-10-13-15-17-19-21-23-25-27-29-31-33-34-35-36-37-38-39-40-41-42-44-45-47-49-51-53-55-57-59-61-64-67-70-76(79)82-73-74(72-81-75(78)69-66-63-12-9-6-3)83-77(80)71-68-65-62-60-58-56-54-52-50-48-46-43-32-30-28-26-24-22-20-18-16-14-11-8-5-2/h7,10,15,17,20-23,26-29,33-34,36-37,39-40,42,44,47,49,74H,4-6,8-9,11-14,16,18-19,24-25,30-32,35,38,41,43,45-46,48,50-73H2,1-3H3/b10-7-,17-15-,22-20-,23-21-,28-26-,29-27-,34-33-,37-36-,40-39-,44-42-,49-47-. The fraction of sp³-hybridized carbons (Fsp3) is 0.675. The first kappa shape index (κ1) is 78.5. The summed E-state index contributed by atoms with van der Waals surface area (Å²) in [4.78, 5) is 38.0. The second-order valence-corrected chi connectivity index (χ2v) is 22.7. The highest BCUT2D eigenvalue weighted by atomic mass is 16.6. The molecule has 0 amide bonds. The van der Waals surface area contributed by atoms with Crippen LogP contribution in [0.2, 0.25) is 0 Å². The zero-order chi connectivity index (χ0) is 59.9. The minimum absolute atomic E-state index is 0.0833. The molecule has 0 aliphatic carbocycles. The van der Waals surface area contributed by atoms with E-state index in [-0.39, 0.29) is 31.1 Å². The highest BCUT2D eigenvalue weighted by molar-refractivity contribution is 5.71. The van der Waals surface area contributed by atoms with Gasteiger partial charge in [0.2, 0.25) is 0 Å². The van der Waals surface area contributed by atoms with Gasteiger partial charge in [-0.3, -0.25) is 14.4 Å². The lowest BCUT2D eigenvalue weighted by atomic mass is 10.0. The summed E-state index contributed by atoms with van der Waals surface area (Å²) >= 11 is 0. The van der Waals surface area contributed by atoms with Gasteiger partial charge in [-0.25, -0.2) is 0 Å². The molecule has 0 aliphatic heterocycles. The molecule has 83 heavy (non-hydrogen) atoms. The molecule has 6 nitrogen and oxygen atoms in total. The number of hydrogen-bond acceptors (Lipinski definition) is 6. The van der Waals surface area contributed by atoms with Crippen LogP contribution in [0.25, 0.3) is 0 Å². The van der Waals surface area contributed by atoms with E-state index >= 15 is 0 Å². The van der Waals surface area contributed by atoms with Crippen molar-refractivity contribution in [1.29, 1.82) is 0 Å². The number of carbonyl (C=O) groups is 3. The minimum atomic E-state index is -0.783. The maximum absolute atomic E-state index is 12.9. The van der Waals surface area contributed by atoms with Crippen molar-refractivity contribution in [3.63, 3.8) is 0 Å². The molecule has 0 aromatic heterocycles. The largest absolute Gasteiger partial charge is 0.462 e. The molecule has 472 valence electrons. The van der Waals surface area contributed by atoms with E-state index in [0.717, 1.165) is 135 Å². The van der Waals surface area contributed by atoms with Crippen LogP contribution < -0.4 is 0 Å². The van der Waals surface area contributed by atoms with Crippen molar-refractivity contribution in [2.75, 3.05) is 13.2 Å². The lowest BCUT2D eigenvalue weighted by molar-refractivity contribution is -0.167. The monoisotopic (exact) mass is 1150 g/mol. The smallest absolute Gasteiger partial charge is 0.306 e. The highest BCUT2D eigenvalue weighted by Crippen LogP contribution is 2.16. The molecule has 0 heterocycles. The summed E-state index contributed by atoms with van der Waals surface area (Å²) in [6.07, 6.45) is 99.5. The zero-order valence-electron chi connectivity index (χ0n) is 54.2. The predicted molar refractivity (Wildman–Crippen MR) is 362 cm³/mol. The Morgan fingerprint density at radius 1 is 0.253 bits per heavy atom. The summed E-state index contributed by atoms with van der Waals surface area (Å²) in [5, 5.41) is 0. The number of ether oxygens (including phenoxy) is 3. The van der Waals surface area contributed by atoms with Gasteiger partial charge in [0, 0.05) is 19.3 Å². The van der Waals surface area contributed by atoms with Crippen molar-refractivity contribution in [2.45, 2.75) is 322 Å². The van der Waals surface area contributed by atoms with Crippen molar-refractivity contribution < 1.29 is 28.6 Å². The maximum atomic E-state index is 12.9. The first-order valence-electron chi connectivity index (χ1n) is 34.7. The fourth-order valence-corrected chi connectivity index (χ4v) is 9.47. The normalized spacial score (nSPS) is 13.0. The van der Waals surface area contributed by atoms with Crippen LogP contribution in [0, 0.1) is 0 Å². The summed E-state index contributed by atoms with van der Waals surface area (Å²) in [7, 11) is 0. The molecule has 0 rings (SSSR count). The van der Waals surface area contributed by atoms with Crippen LogP contribution in [-0.4, -0.2) is 37.2 Å². The summed E-state index contributed by atoms with van der Waals surface area (Å²) in [6, 6.07) is 0. The van der Waals surface area contributed by atoms with Gasteiger partial charge >= 0.3 is 17.9 Å². The molecule has 0 saturated carbocycles. The van der Waals surface area contributed by atoms with Crippen LogP contribution >= 0.6 is 0 Å². The van der Waals surface area contributed by atoms with E-state index in [1.807, 2.05) is 0 Å². The van der Waals surface area contributed by atoms with Crippen LogP contribution in [0.3, 0.4) is 0 Å². The lowest BCUT2D eigenvalue weighted by Gasteiger charge is -2.18. The van der Waals surface area contributed by atoms with Crippen LogP contribution in [-0.2, 0) is 28.6 Å². The van der Waals surface area contributed by atoms with Crippen molar-refractivity contribution in [3.8, 4) is 0 Å². The van der Waals surface area contributed by atoms with E-state index in [4.69, 9.17) is 14.2 Å². The number of esters is 3. The van der Waals surface area contributed by atoms with Gasteiger partial charge in [-0.2, -0.15) is 0 Å². The summed E-state index contributed by atoms with van der Waals surface area (Å²) in [5.41, 5.74) is 0. The van der Waals surface area contributed by atoms with Crippen LogP contribution in [0.15, 0.2) is 134 Å². The Labute approximate surface area is 513 Å². The average molecular weight is 1150 g/mol. The number of carbonyl (C=O) groups excluding carboxylic acids is 3. The van der Waals surface area contributed by atoms with E-state index in [0.29, 0.717) is 19.3 Å². The third-order valence-electron chi connectivity index (χ3n) is 14.6. The molecular formula is C77H128O6. The van der Waals surface area contributed by atoms with Crippen LogP contribution in [0.4, 0.5) is 0 Å². The van der Waals surface area contributed by atoms with Gasteiger partial charge in [-0.15, -0.1) is 0 Å². The molecule has 0 aromatic rings. The number of allylic oxidation sites excluding steroid dienone is 22. The number of hydrogen-bond donors (Lipinski definition) is 0. The van der Waals surface area contributed by atoms with Gasteiger partial charge in [0.25, 0.3) is 0 Å². The second kappa shape index (κ2) is 70.0. The molecule has 0 fully saturated rings. The number of unbranched alkanes of at least 4 members (excludes halogenated alkanes) is 29. The molecule has 0 N–H and O–H groups in total. The minimum Gasteiger partial charge on any atom is -0.462 e. The van der Waals surface area contributed by atoms with Gasteiger partial charge in [-0.1, -0.05) is 309 Å². The van der Waals surface area contributed by atoms with E-state index in [2.05, 4.69) is 154 Å². The predicted octanol–water partition coefficient (Wildman–Crippen LogP) is 24.1. The Hall–Kier alpha value is -4.45. The molecule has 6 heteroatoms. The first-order chi connectivity index (χ1) is 41.0. The fourth-order valence-electron chi connectivity index (χ4n) is 9.47. The van der Waals surface area contributed by atoms with Gasteiger partial charge < -0.3 is 14.2 Å². The Balaban J connectivity index is 4.06. The molecule has 0 saturated heterocycles. The maximum Gasteiger partial charge on any atom is 0.306 e. The van der Waals surface area contributed by atoms with E-state index in [9.17, 15) is 14.4 Å². The SMILES string of the molecule is CC/C=C\C/C=C\C/C=C\C/C=C\C/C=C\C/C=C\C/C=C\C/C=C\C/C=C\CCCCCCCCCC(=O)OCC(COC(=O)CCCCCCC)OC(=O)CCCCCCCCCCCCCCC/C=C\C/C=C\CCCCCCC. The summed E-state index contributed by atoms with van der Waals surface area (Å²) < 4.78 is 16.8. The number of rotatable bonds is 62. The van der Waals surface area contributed by atoms with Crippen LogP contribution in [0.5, 0.6) is 0 Å². The van der Waals surface area contributed by atoms with Gasteiger partial charge in [-0.05, 0) is 122 Å². The van der Waals surface area contributed by atoms with Crippen LogP contribution in [0.1, 0.15) is 316 Å². The molecule has 0 aromatic carbocycles. The van der Waals surface area contributed by atoms with Crippen molar-refractivity contribution in [1.82, 2.24) is 0 Å². The molecule has 0 aliphatic rings. The first-order valence-corrected chi connectivity index (χ1v) is 34.7.